The fourth-order valence-corrected chi connectivity index (χ4v) is 3.44. The molecule has 2 fully saturated rings. The highest BCUT2D eigenvalue weighted by molar-refractivity contribution is 5.96. The molecule has 2 aliphatic rings. The number of anilines is 1. The number of hydrogen-bond donors (Lipinski definition) is 0. The molecule has 0 aromatic heterocycles. The summed E-state index contributed by atoms with van der Waals surface area (Å²) in [5.41, 5.74) is 0.890. The molecule has 0 spiro atoms. The Morgan fingerprint density at radius 2 is 1.60 bits per heavy atom. The lowest BCUT2D eigenvalue weighted by Crippen LogP contribution is -2.50. The predicted molar refractivity (Wildman–Crippen MR) is 92.7 cm³/mol. The van der Waals surface area contributed by atoms with E-state index in [9.17, 15) is 19.7 Å². The highest BCUT2D eigenvalue weighted by Crippen LogP contribution is 2.32. The Balaban J connectivity index is 1.78. The third-order valence-electron chi connectivity index (χ3n) is 4.88. The number of hydrogen-bond acceptors (Lipinski definition) is 5. The topological polar surface area (TPSA) is 87.0 Å². The Morgan fingerprint density at radius 1 is 1.00 bits per heavy atom. The van der Waals surface area contributed by atoms with Crippen molar-refractivity contribution in [1.82, 2.24) is 9.80 Å². The zero-order chi connectivity index (χ0) is 18.0. The summed E-state index contributed by atoms with van der Waals surface area (Å²) in [6.45, 7) is 5.00. The minimum Gasteiger partial charge on any atom is -0.366 e. The molecule has 3 rings (SSSR count). The maximum atomic E-state index is 12.7. The van der Waals surface area contributed by atoms with Gasteiger partial charge in [0.1, 0.15) is 5.69 Å². The molecule has 2 saturated heterocycles. The highest BCUT2D eigenvalue weighted by Gasteiger charge is 2.27. The molecule has 134 valence electrons. The van der Waals surface area contributed by atoms with E-state index in [4.69, 9.17) is 0 Å². The molecule has 8 heteroatoms. The molecule has 0 radical (unpaired) electrons. The fraction of sp³-hybridized carbons (Fsp3) is 0.529. The maximum Gasteiger partial charge on any atom is 0.293 e. The van der Waals surface area contributed by atoms with Gasteiger partial charge < -0.3 is 14.7 Å². The number of nitro groups is 1. The summed E-state index contributed by atoms with van der Waals surface area (Å²) in [4.78, 5) is 40.4. The van der Waals surface area contributed by atoms with Crippen LogP contribution in [0, 0.1) is 10.1 Å². The number of rotatable bonds is 3. The van der Waals surface area contributed by atoms with Crippen LogP contribution in [0.5, 0.6) is 0 Å². The van der Waals surface area contributed by atoms with Crippen LogP contribution < -0.4 is 4.90 Å². The lowest BCUT2D eigenvalue weighted by atomic mass is 10.1. The molecule has 2 heterocycles. The average molecular weight is 346 g/mol. The molecule has 2 aliphatic heterocycles. The van der Waals surface area contributed by atoms with Gasteiger partial charge in [0.2, 0.25) is 5.91 Å². The quantitative estimate of drug-likeness (QED) is 0.611. The molecule has 0 unspecified atom stereocenters. The first-order valence-corrected chi connectivity index (χ1v) is 8.55. The number of nitro benzene ring substituents is 1. The number of carbonyl (C=O) groups excluding carboxylic acids is 2. The Labute approximate surface area is 146 Å². The van der Waals surface area contributed by atoms with Crippen molar-refractivity contribution < 1.29 is 14.5 Å². The smallest absolute Gasteiger partial charge is 0.293 e. The second-order valence-electron chi connectivity index (χ2n) is 6.45. The van der Waals surface area contributed by atoms with Crippen molar-refractivity contribution >= 4 is 23.2 Å². The van der Waals surface area contributed by atoms with Crippen LogP contribution in [0.2, 0.25) is 0 Å². The summed E-state index contributed by atoms with van der Waals surface area (Å²) in [6.07, 6.45) is 2.05. The molecule has 25 heavy (non-hydrogen) atoms. The maximum absolute atomic E-state index is 12.7. The van der Waals surface area contributed by atoms with Gasteiger partial charge >= 0.3 is 0 Å². The first kappa shape index (κ1) is 17.2. The monoisotopic (exact) mass is 346 g/mol. The van der Waals surface area contributed by atoms with E-state index >= 15 is 0 Å². The van der Waals surface area contributed by atoms with Gasteiger partial charge in [-0.1, -0.05) is 0 Å². The van der Waals surface area contributed by atoms with E-state index in [0.29, 0.717) is 37.4 Å². The molecule has 1 aromatic rings. The Kier molecular flexibility index (Phi) is 4.87. The van der Waals surface area contributed by atoms with Crippen molar-refractivity contribution in [1.29, 1.82) is 0 Å². The van der Waals surface area contributed by atoms with Crippen LogP contribution in [0.1, 0.15) is 30.1 Å². The zero-order valence-corrected chi connectivity index (χ0v) is 14.3. The van der Waals surface area contributed by atoms with Crippen molar-refractivity contribution in [2.75, 3.05) is 44.2 Å². The van der Waals surface area contributed by atoms with Gasteiger partial charge in [-0.15, -0.1) is 0 Å². The standard InChI is InChI=1S/C17H22N4O4/c1-13(22)18-8-10-20(11-9-18)17(23)14-4-5-15(16(12-14)21(24)25)19-6-2-3-7-19/h4-5,12H,2-3,6-11H2,1H3. The minimum absolute atomic E-state index is 0.00213. The lowest BCUT2D eigenvalue weighted by Gasteiger charge is -2.34. The molecule has 0 aliphatic carbocycles. The first-order chi connectivity index (χ1) is 12.0. The number of amides is 2. The van der Waals surface area contributed by atoms with Crippen molar-refractivity contribution in [2.24, 2.45) is 0 Å². The predicted octanol–water partition coefficient (Wildman–Crippen LogP) is 1.50. The van der Waals surface area contributed by atoms with Gasteiger partial charge in [-0.25, -0.2) is 0 Å². The second kappa shape index (κ2) is 7.08. The van der Waals surface area contributed by atoms with Crippen LogP contribution in [0.4, 0.5) is 11.4 Å². The molecule has 2 amide bonds. The van der Waals surface area contributed by atoms with Gasteiger partial charge in [0.25, 0.3) is 11.6 Å². The Bertz CT molecular complexity index is 692. The van der Waals surface area contributed by atoms with E-state index in [2.05, 4.69) is 0 Å². The molecule has 0 bridgehead atoms. The summed E-state index contributed by atoms with van der Waals surface area (Å²) in [5, 5.41) is 11.5. The van der Waals surface area contributed by atoms with E-state index in [1.54, 1.807) is 21.9 Å². The van der Waals surface area contributed by atoms with Gasteiger partial charge in [-0.2, -0.15) is 0 Å². The van der Waals surface area contributed by atoms with Crippen molar-refractivity contribution in [3.63, 3.8) is 0 Å². The third kappa shape index (κ3) is 3.57. The van der Waals surface area contributed by atoms with Gasteiger partial charge in [0, 0.05) is 57.8 Å². The molecule has 1 aromatic carbocycles. The van der Waals surface area contributed by atoms with Crippen LogP contribution in [0.15, 0.2) is 18.2 Å². The van der Waals surface area contributed by atoms with E-state index < -0.39 is 4.92 Å². The Morgan fingerprint density at radius 3 is 2.16 bits per heavy atom. The summed E-state index contributed by atoms with van der Waals surface area (Å²) < 4.78 is 0. The second-order valence-corrected chi connectivity index (χ2v) is 6.45. The van der Waals surface area contributed by atoms with E-state index in [1.807, 2.05) is 4.90 Å². The number of piperazine rings is 1. The van der Waals surface area contributed by atoms with Gasteiger partial charge in [-0.3, -0.25) is 19.7 Å². The molecule has 0 saturated carbocycles. The van der Waals surface area contributed by atoms with Crippen LogP contribution in [0.25, 0.3) is 0 Å². The minimum atomic E-state index is -0.419. The highest BCUT2D eigenvalue weighted by atomic mass is 16.6. The lowest BCUT2D eigenvalue weighted by molar-refractivity contribution is -0.384. The largest absolute Gasteiger partial charge is 0.366 e. The number of nitrogens with zero attached hydrogens (tertiary/aromatic N) is 4. The summed E-state index contributed by atoms with van der Waals surface area (Å²) >= 11 is 0. The van der Waals surface area contributed by atoms with E-state index in [1.165, 1.54) is 13.0 Å². The van der Waals surface area contributed by atoms with Crippen molar-refractivity contribution in [2.45, 2.75) is 19.8 Å². The van der Waals surface area contributed by atoms with Crippen LogP contribution in [-0.2, 0) is 4.79 Å². The van der Waals surface area contributed by atoms with Crippen molar-refractivity contribution in [3.05, 3.63) is 33.9 Å². The summed E-state index contributed by atoms with van der Waals surface area (Å²) in [7, 11) is 0. The summed E-state index contributed by atoms with van der Waals surface area (Å²) in [6, 6.07) is 4.73. The van der Waals surface area contributed by atoms with E-state index in [-0.39, 0.29) is 17.5 Å². The van der Waals surface area contributed by atoms with Gasteiger partial charge in [-0.05, 0) is 25.0 Å². The SMILES string of the molecule is CC(=O)N1CCN(C(=O)c2ccc(N3CCCC3)c([N+](=O)[O-])c2)CC1. The molecule has 0 N–H and O–H groups in total. The molecular formula is C17H22N4O4. The first-order valence-electron chi connectivity index (χ1n) is 8.55. The van der Waals surface area contributed by atoms with Crippen LogP contribution in [0.3, 0.4) is 0 Å². The molecular weight excluding hydrogens is 324 g/mol. The fourth-order valence-electron chi connectivity index (χ4n) is 3.44. The van der Waals surface area contributed by atoms with Gasteiger partial charge in [0.05, 0.1) is 4.92 Å². The Hall–Kier alpha value is -2.64. The van der Waals surface area contributed by atoms with Crippen molar-refractivity contribution in [3.8, 4) is 0 Å². The van der Waals surface area contributed by atoms with Gasteiger partial charge in [0.15, 0.2) is 0 Å². The summed E-state index contributed by atoms with van der Waals surface area (Å²) in [5.74, 6) is -0.225. The zero-order valence-electron chi connectivity index (χ0n) is 14.3. The van der Waals surface area contributed by atoms with Crippen LogP contribution >= 0.6 is 0 Å². The third-order valence-corrected chi connectivity index (χ3v) is 4.88. The molecule has 8 nitrogen and oxygen atoms in total. The normalized spacial score (nSPS) is 17.7. The van der Waals surface area contributed by atoms with E-state index in [0.717, 1.165) is 25.9 Å². The molecule has 0 atom stereocenters. The number of carbonyl (C=O) groups is 2. The van der Waals surface area contributed by atoms with Crippen LogP contribution in [-0.4, -0.2) is 65.8 Å². The average Bonchev–Trinajstić information content (AvgIpc) is 3.15. The number of benzene rings is 1.